The van der Waals surface area contributed by atoms with Crippen molar-refractivity contribution in [3.05, 3.63) is 105 Å². The molecule has 33 heavy (non-hydrogen) atoms. The van der Waals surface area contributed by atoms with E-state index in [-0.39, 0.29) is 23.4 Å². The van der Waals surface area contributed by atoms with Crippen molar-refractivity contribution in [3.8, 4) is 5.75 Å². The molecule has 1 atom stereocenters. The molecule has 0 radical (unpaired) electrons. The van der Waals surface area contributed by atoms with Crippen molar-refractivity contribution in [2.24, 2.45) is 0 Å². The number of carbonyl (C=O) groups excluding carboxylic acids is 2. The van der Waals surface area contributed by atoms with Gasteiger partial charge in [-0.25, -0.2) is 4.98 Å². The van der Waals surface area contributed by atoms with Crippen LogP contribution in [0.1, 0.15) is 22.7 Å². The summed E-state index contributed by atoms with van der Waals surface area (Å²) in [5.41, 5.74) is 1.00. The molecule has 1 aliphatic heterocycles. The number of Topliss-reactive ketones (excluding diaryl/α,β-unsaturated/α-hetero) is 1. The maximum atomic E-state index is 13.4. The Balaban J connectivity index is 1.86. The molecule has 3 aromatic rings. The van der Waals surface area contributed by atoms with Crippen molar-refractivity contribution in [2.75, 3.05) is 7.11 Å². The Kier molecular flexibility index (Phi) is 5.86. The van der Waals surface area contributed by atoms with Gasteiger partial charge in [0.25, 0.3) is 11.6 Å². The van der Waals surface area contributed by atoms with Crippen LogP contribution in [-0.4, -0.2) is 28.6 Å². The van der Waals surface area contributed by atoms with Gasteiger partial charge in [-0.2, -0.15) is 0 Å². The number of aromatic nitrogens is 1. The largest absolute Gasteiger partial charge is 0.872 e. The van der Waals surface area contributed by atoms with Gasteiger partial charge in [0.2, 0.25) is 5.78 Å². The Bertz CT molecular complexity index is 1250. The van der Waals surface area contributed by atoms with Gasteiger partial charge >= 0.3 is 0 Å². The Labute approximate surface area is 188 Å². The van der Waals surface area contributed by atoms with Crippen LogP contribution in [0.3, 0.4) is 0 Å². The van der Waals surface area contributed by atoms with Gasteiger partial charge in [-0.1, -0.05) is 17.9 Å². The lowest BCUT2D eigenvalue weighted by atomic mass is 9.95. The van der Waals surface area contributed by atoms with Gasteiger partial charge in [-0.3, -0.25) is 19.7 Å². The highest BCUT2D eigenvalue weighted by Gasteiger charge is 2.44. The number of benzene rings is 2. The molecule has 9 nitrogen and oxygen atoms in total. The smallest absolute Gasteiger partial charge is 0.295 e. The fourth-order valence-electron chi connectivity index (χ4n) is 3.80. The lowest BCUT2D eigenvalue weighted by Crippen LogP contribution is -2.29. The first-order valence-corrected chi connectivity index (χ1v) is 10.0. The summed E-state index contributed by atoms with van der Waals surface area (Å²) in [5.74, 6) is -1.88. The van der Waals surface area contributed by atoms with Gasteiger partial charge in [0.1, 0.15) is 5.75 Å². The summed E-state index contributed by atoms with van der Waals surface area (Å²) in [7, 11) is 1.46. The number of aromatic amines is 1. The average Bonchev–Trinajstić information content (AvgIpc) is 3.09. The lowest BCUT2D eigenvalue weighted by molar-refractivity contribution is -0.384. The molecule has 0 aliphatic carbocycles. The van der Waals surface area contributed by atoms with Gasteiger partial charge in [0.15, 0.2) is 12.4 Å². The third-order valence-corrected chi connectivity index (χ3v) is 5.41. The number of hydrogen-bond acceptors (Lipinski definition) is 6. The van der Waals surface area contributed by atoms with Crippen molar-refractivity contribution >= 4 is 23.1 Å². The van der Waals surface area contributed by atoms with E-state index in [0.29, 0.717) is 11.3 Å². The van der Waals surface area contributed by atoms with E-state index in [1.807, 2.05) is 0 Å². The summed E-state index contributed by atoms with van der Waals surface area (Å²) >= 11 is 0. The van der Waals surface area contributed by atoms with E-state index >= 15 is 0 Å². The summed E-state index contributed by atoms with van der Waals surface area (Å²) in [4.78, 5) is 40.8. The van der Waals surface area contributed by atoms with Crippen LogP contribution in [0.25, 0.3) is 5.76 Å². The van der Waals surface area contributed by atoms with Crippen LogP contribution >= 0.6 is 0 Å². The molecule has 1 amide bonds. The number of carbonyl (C=O) groups is 2. The minimum Gasteiger partial charge on any atom is -0.872 e. The minimum absolute atomic E-state index is 0.0679. The summed E-state index contributed by atoms with van der Waals surface area (Å²) in [5, 5.41) is 24.5. The molecule has 9 heteroatoms. The second kappa shape index (κ2) is 8.91. The highest BCUT2D eigenvalue weighted by atomic mass is 16.6. The number of likely N-dealkylation sites (tertiary alicyclic amines) is 1. The number of non-ortho nitro benzene ring substituents is 1. The molecule has 1 unspecified atom stereocenters. The number of H-pyrrole nitrogens is 1. The molecular weight excluding hydrogens is 426 g/mol. The third kappa shape index (κ3) is 4.16. The monoisotopic (exact) mass is 445 g/mol. The maximum Gasteiger partial charge on any atom is 0.295 e. The number of hydrogen-bond donors (Lipinski definition) is 0. The van der Waals surface area contributed by atoms with Crippen LogP contribution in [0.15, 0.2) is 78.6 Å². The predicted octanol–water partition coefficient (Wildman–Crippen LogP) is 1.84. The number of rotatable bonds is 6. The van der Waals surface area contributed by atoms with E-state index in [4.69, 9.17) is 4.74 Å². The molecule has 4 rings (SSSR count). The number of nitrogens with zero attached hydrogens (tertiary/aromatic N) is 2. The van der Waals surface area contributed by atoms with E-state index < -0.39 is 28.4 Å². The minimum atomic E-state index is -0.996. The van der Waals surface area contributed by atoms with Gasteiger partial charge in [-0.05, 0) is 41.5 Å². The van der Waals surface area contributed by atoms with Gasteiger partial charge < -0.3 is 14.7 Å². The molecule has 2 heterocycles. The molecule has 0 saturated carbocycles. The molecule has 166 valence electrons. The van der Waals surface area contributed by atoms with Crippen LogP contribution in [0.4, 0.5) is 5.69 Å². The first kappa shape index (κ1) is 21.7. The van der Waals surface area contributed by atoms with Gasteiger partial charge in [-0.15, -0.1) is 0 Å². The summed E-state index contributed by atoms with van der Waals surface area (Å²) in [6.07, 6.45) is 3.39. The molecule has 1 N–H and O–H groups in total. The van der Waals surface area contributed by atoms with Gasteiger partial charge in [0.05, 0.1) is 24.6 Å². The van der Waals surface area contributed by atoms with Crippen molar-refractivity contribution in [1.82, 2.24) is 4.90 Å². The van der Waals surface area contributed by atoms with E-state index in [9.17, 15) is 24.8 Å². The number of ketones is 1. The Morgan fingerprint density at radius 3 is 2.52 bits per heavy atom. The number of pyridine rings is 1. The molecule has 2 aromatic carbocycles. The third-order valence-electron chi connectivity index (χ3n) is 5.41. The Morgan fingerprint density at radius 2 is 1.88 bits per heavy atom. The summed E-state index contributed by atoms with van der Waals surface area (Å²) < 4.78 is 5.17. The number of methoxy groups -OCH3 is 1. The lowest BCUT2D eigenvalue weighted by Gasteiger charge is -2.27. The predicted molar refractivity (Wildman–Crippen MR) is 114 cm³/mol. The number of amides is 1. The highest BCUT2D eigenvalue weighted by molar-refractivity contribution is 6.46. The first-order chi connectivity index (χ1) is 15.9. The zero-order valence-corrected chi connectivity index (χ0v) is 17.6. The van der Waals surface area contributed by atoms with Crippen LogP contribution in [-0.2, 0) is 16.1 Å². The molecule has 1 fully saturated rings. The Hall–Kier alpha value is -4.53. The van der Waals surface area contributed by atoms with Crippen LogP contribution < -0.4 is 14.8 Å². The molecule has 1 aliphatic rings. The van der Waals surface area contributed by atoms with Crippen molar-refractivity contribution < 1.29 is 29.3 Å². The fourth-order valence-corrected chi connectivity index (χ4v) is 3.80. The van der Waals surface area contributed by atoms with E-state index in [1.165, 1.54) is 48.4 Å². The van der Waals surface area contributed by atoms with Crippen LogP contribution in [0, 0.1) is 10.1 Å². The van der Waals surface area contributed by atoms with Crippen molar-refractivity contribution in [2.45, 2.75) is 12.6 Å². The molecule has 0 bridgehead atoms. The summed E-state index contributed by atoms with van der Waals surface area (Å²) in [6, 6.07) is 14.3. The summed E-state index contributed by atoms with van der Waals surface area (Å²) in [6.45, 7) is 0.0679. The van der Waals surface area contributed by atoms with Crippen LogP contribution in [0.2, 0.25) is 0 Å². The quantitative estimate of drug-likeness (QED) is 0.187. The normalized spacial score (nSPS) is 17.2. The van der Waals surface area contributed by atoms with Gasteiger partial charge in [0, 0.05) is 29.3 Å². The van der Waals surface area contributed by atoms with E-state index in [1.54, 1.807) is 36.7 Å². The molecule has 0 spiro atoms. The highest BCUT2D eigenvalue weighted by Crippen LogP contribution is 2.40. The molecular formula is C24H19N3O6. The Morgan fingerprint density at radius 1 is 1.12 bits per heavy atom. The van der Waals surface area contributed by atoms with Crippen molar-refractivity contribution in [3.63, 3.8) is 0 Å². The van der Waals surface area contributed by atoms with E-state index in [0.717, 1.165) is 5.56 Å². The van der Waals surface area contributed by atoms with E-state index in [2.05, 4.69) is 4.98 Å². The topological polar surface area (TPSA) is 127 Å². The number of ether oxygens (including phenoxy) is 1. The number of nitrogens with one attached hydrogen (secondary N) is 1. The first-order valence-electron chi connectivity index (χ1n) is 10.0. The number of nitro benzene ring substituents is 1. The fraction of sp³-hybridized carbons (Fsp3) is 0.125. The standard InChI is InChI=1S/C24H19N3O6/c1-33-19-6-2-5-17(12-19)22(28)20-21(16-7-9-18(10-8-16)27(31)32)26(24(30)23(20)29)14-15-4-3-11-25-13-15/h2-13,21,28H,14H2,1H3. The number of nitro groups is 1. The molecule has 1 saturated heterocycles. The second-order valence-electron chi connectivity index (χ2n) is 7.40. The SMILES string of the molecule is COc1cccc(C([O-])=C2C(=O)C(=O)N(Cc3ccc[nH+]c3)C2c2ccc([N+](=O)[O-])cc2)c1. The van der Waals surface area contributed by atoms with Crippen LogP contribution in [0.5, 0.6) is 5.75 Å². The van der Waals surface area contributed by atoms with Crippen molar-refractivity contribution in [1.29, 1.82) is 0 Å². The average molecular weight is 445 g/mol. The second-order valence-corrected chi connectivity index (χ2v) is 7.40. The maximum absolute atomic E-state index is 13.4. The zero-order valence-electron chi connectivity index (χ0n) is 17.6. The molecule has 1 aromatic heterocycles. The zero-order chi connectivity index (χ0) is 23.5.